The van der Waals surface area contributed by atoms with Crippen LogP contribution in [0.4, 0.5) is 10.5 Å². The first-order valence-corrected chi connectivity index (χ1v) is 11.1. The van der Waals surface area contributed by atoms with Gasteiger partial charge in [0.15, 0.2) is 0 Å². The average molecular weight is 483 g/mol. The molecule has 4 N–H and O–H groups in total. The van der Waals surface area contributed by atoms with E-state index in [-0.39, 0.29) is 30.8 Å². The summed E-state index contributed by atoms with van der Waals surface area (Å²) in [5.41, 5.74) is 7.97. The third-order valence-corrected chi connectivity index (χ3v) is 5.56. The molecule has 2 aromatic carbocycles. The van der Waals surface area contributed by atoms with Gasteiger partial charge in [-0.3, -0.25) is 9.78 Å². The highest BCUT2D eigenvalue weighted by atomic mass is 35.5. The molecule has 3 rings (SSSR count). The van der Waals surface area contributed by atoms with Crippen LogP contribution in [0.25, 0.3) is 0 Å². The quantitative estimate of drug-likeness (QED) is 0.392. The fourth-order valence-corrected chi connectivity index (χ4v) is 3.57. The summed E-state index contributed by atoms with van der Waals surface area (Å²) < 4.78 is 5.63. The highest BCUT2D eigenvalue weighted by Gasteiger charge is 2.25. The van der Waals surface area contributed by atoms with Crippen LogP contribution in [0.3, 0.4) is 0 Å². The van der Waals surface area contributed by atoms with Gasteiger partial charge in [-0.1, -0.05) is 35.9 Å². The number of halogens is 1. The molecule has 0 aliphatic carbocycles. The lowest BCUT2D eigenvalue weighted by Gasteiger charge is -2.30. The topological polar surface area (TPSA) is 118 Å². The zero-order valence-electron chi connectivity index (χ0n) is 18.9. The minimum atomic E-state index is -0.549. The molecule has 9 heteroatoms. The molecule has 3 aromatic rings. The normalized spacial score (nSPS) is 12.5. The molecule has 178 valence electrons. The summed E-state index contributed by atoms with van der Waals surface area (Å²) in [6, 6.07) is 14.7. The molecule has 0 aliphatic rings. The van der Waals surface area contributed by atoms with Crippen LogP contribution < -0.4 is 11.1 Å². The summed E-state index contributed by atoms with van der Waals surface area (Å²) in [4.78, 5) is 31.0. The van der Waals surface area contributed by atoms with E-state index in [0.717, 1.165) is 5.56 Å². The Morgan fingerprint density at radius 1 is 1.12 bits per heavy atom. The smallest absolute Gasteiger partial charge is 0.410 e. The molecule has 0 spiro atoms. The van der Waals surface area contributed by atoms with Crippen LogP contribution in [0.15, 0.2) is 67.0 Å². The van der Waals surface area contributed by atoms with Crippen molar-refractivity contribution in [2.45, 2.75) is 26.0 Å². The number of ether oxygens (including phenoxy) is 1. The van der Waals surface area contributed by atoms with Gasteiger partial charge < -0.3 is 25.8 Å². The largest absolute Gasteiger partial charge is 0.506 e. The number of hydrogen-bond donors (Lipinski definition) is 3. The number of aromatic hydroxyl groups is 1. The number of benzene rings is 2. The summed E-state index contributed by atoms with van der Waals surface area (Å²) in [6.07, 6.45) is 2.03. The predicted molar refractivity (Wildman–Crippen MR) is 131 cm³/mol. The van der Waals surface area contributed by atoms with Crippen LogP contribution in [0.2, 0.25) is 5.02 Å². The molecule has 0 bridgehead atoms. The lowest BCUT2D eigenvalue weighted by molar-refractivity contribution is 0.0595. The molecular weight excluding hydrogens is 456 g/mol. The van der Waals surface area contributed by atoms with Crippen LogP contribution >= 0.6 is 11.6 Å². The third-order valence-electron chi connectivity index (χ3n) is 5.35. The molecule has 8 nitrogen and oxygen atoms in total. The molecule has 0 aliphatic heterocycles. The fourth-order valence-electron chi connectivity index (χ4n) is 3.39. The number of nitrogens with one attached hydrogen (secondary N) is 1. The third kappa shape index (κ3) is 6.24. The Balaban J connectivity index is 1.69. The highest BCUT2D eigenvalue weighted by molar-refractivity contribution is 6.30. The first-order valence-electron chi connectivity index (χ1n) is 10.8. The number of nitrogens with two attached hydrogens (primary N) is 1. The number of para-hydroxylation sites is 2. The fraction of sp³-hybridized carbons (Fsp3) is 0.240. The number of nitrogens with zero attached hydrogens (tertiary/aromatic N) is 2. The van der Waals surface area contributed by atoms with Crippen molar-refractivity contribution in [2.24, 2.45) is 5.73 Å². The Labute approximate surface area is 203 Å². The molecule has 34 heavy (non-hydrogen) atoms. The summed E-state index contributed by atoms with van der Waals surface area (Å²) in [6.45, 7) is 4.15. The molecule has 0 saturated heterocycles. The van der Waals surface area contributed by atoms with Gasteiger partial charge in [0, 0.05) is 36.6 Å². The minimum absolute atomic E-state index is 0.0141. The molecule has 1 heterocycles. The lowest BCUT2D eigenvalue weighted by atomic mass is 10.0. The number of pyridine rings is 1. The van der Waals surface area contributed by atoms with E-state index >= 15 is 0 Å². The van der Waals surface area contributed by atoms with Crippen molar-refractivity contribution in [3.63, 3.8) is 0 Å². The SMILES string of the molecule is C[C@H](OC(=O)N(CCN)[C@H](C)c1ccc(C(=O)Nc2ccccc2O)cc1)c1cncc(Cl)c1. The first-order chi connectivity index (χ1) is 16.3. The number of phenolic OH excluding ortho intramolecular Hbond substituents is 1. The Bertz CT molecular complexity index is 1140. The Morgan fingerprint density at radius 3 is 2.47 bits per heavy atom. The van der Waals surface area contributed by atoms with Crippen LogP contribution in [0, 0.1) is 0 Å². The van der Waals surface area contributed by atoms with Crippen molar-refractivity contribution < 1.29 is 19.4 Å². The van der Waals surface area contributed by atoms with Crippen molar-refractivity contribution in [1.29, 1.82) is 0 Å². The van der Waals surface area contributed by atoms with Crippen molar-refractivity contribution in [3.05, 3.63) is 88.7 Å². The van der Waals surface area contributed by atoms with Gasteiger partial charge >= 0.3 is 6.09 Å². The van der Waals surface area contributed by atoms with Gasteiger partial charge in [0.25, 0.3) is 5.91 Å². The van der Waals surface area contributed by atoms with E-state index in [4.69, 9.17) is 22.1 Å². The standard InChI is InChI=1S/C25H27ClN4O4/c1-16(30(12-11-27)25(33)34-17(2)20-13-21(26)15-28-14-20)18-7-9-19(10-8-18)24(32)29-22-5-3-4-6-23(22)31/h3-10,13-17,31H,11-12,27H2,1-2H3,(H,29,32)/t16-,17+/m1/s1. The predicted octanol–water partition coefficient (Wildman–Crippen LogP) is 4.91. The number of rotatable bonds is 8. The van der Waals surface area contributed by atoms with Gasteiger partial charge in [-0.15, -0.1) is 0 Å². The molecule has 0 radical (unpaired) electrons. The Kier molecular flexibility index (Phi) is 8.45. The number of hydrogen-bond acceptors (Lipinski definition) is 6. The Hall–Kier alpha value is -3.62. The van der Waals surface area contributed by atoms with Gasteiger partial charge in [-0.2, -0.15) is 0 Å². The van der Waals surface area contributed by atoms with Gasteiger partial charge in [-0.25, -0.2) is 4.79 Å². The second-order valence-corrected chi connectivity index (χ2v) is 8.15. The lowest BCUT2D eigenvalue weighted by Crippen LogP contribution is -2.38. The zero-order chi connectivity index (χ0) is 24.7. The highest BCUT2D eigenvalue weighted by Crippen LogP contribution is 2.26. The Morgan fingerprint density at radius 2 is 1.82 bits per heavy atom. The molecule has 1 aromatic heterocycles. The summed E-state index contributed by atoms with van der Waals surface area (Å²) in [7, 11) is 0. The van der Waals surface area contributed by atoms with E-state index in [1.807, 2.05) is 6.92 Å². The maximum Gasteiger partial charge on any atom is 0.410 e. The minimum Gasteiger partial charge on any atom is -0.506 e. The second-order valence-electron chi connectivity index (χ2n) is 7.71. The van der Waals surface area contributed by atoms with Crippen LogP contribution in [0.1, 0.15) is 47.5 Å². The zero-order valence-corrected chi connectivity index (χ0v) is 19.7. The number of phenols is 1. The van der Waals surface area contributed by atoms with Crippen LogP contribution in [-0.4, -0.2) is 40.1 Å². The van der Waals surface area contributed by atoms with Crippen molar-refractivity contribution >= 4 is 29.3 Å². The van der Waals surface area contributed by atoms with Gasteiger partial charge in [0.1, 0.15) is 11.9 Å². The van der Waals surface area contributed by atoms with Crippen LogP contribution in [0.5, 0.6) is 5.75 Å². The summed E-state index contributed by atoms with van der Waals surface area (Å²) in [5.74, 6) is -0.373. The second kappa shape index (κ2) is 11.5. The summed E-state index contributed by atoms with van der Waals surface area (Å²) >= 11 is 5.99. The van der Waals surface area contributed by atoms with E-state index in [2.05, 4.69) is 10.3 Å². The maximum atomic E-state index is 12.9. The molecule has 0 unspecified atom stereocenters. The number of aromatic nitrogens is 1. The van der Waals surface area contributed by atoms with E-state index in [0.29, 0.717) is 21.8 Å². The monoisotopic (exact) mass is 482 g/mol. The van der Waals surface area contributed by atoms with Crippen LogP contribution in [-0.2, 0) is 4.74 Å². The van der Waals surface area contributed by atoms with E-state index in [1.165, 1.54) is 17.2 Å². The molecule has 2 atom stereocenters. The van der Waals surface area contributed by atoms with Crippen molar-refractivity contribution in [3.8, 4) is 5.75 Å². The molecule has 2 amide bonds. The average Bonchev–Trinajstić information content (AvgIpc) is 2.83. The molecule has 0 fully saturated rings. The summed E-state index contributed by atoms with van der Waals surface area (Å²) in [5, 5.41) is 13.0. The van der Waals surface area contributed by atoms with Crippen molar-refractivity contribution in [1.82, 2.24) is 9.88 Å². The van der Waals surface area contributed by atoms with E-state index < -0.39 is 12.2 Å². The maximum absolute atomic E-state index is 12.9. The molecule has 0 saturated carbocycles. The number of anilines is 1. The van der Waals surface area contributed by atoms with Gasteiger partial charge in [0.05, 0.1) is 16.8 Å². The first kappa shape index (κ1) is 25.0. The number of amides is 2. The van der Waals surface area contributed by atoms with E-state index in [9.17, 15) is 14.7 Å². The number of carbonyl (C=O) groups is 2. The van der Waals surface area contributed by atoms with Crippen molar-refractivity contribution in [2.75, 3.05) is 18.4 Å². The van der Waals surface area contributed by atoms with E-state index in [1.54, 1.807) is 61.7 Å². The molecular formula is C25H27ClN4O4. The van der Waals surface area contributed by atoms with Gasteiger partial charge in [0.2, 0.25) is 0 Å². The van der Waals surface area contributed by atoms with Gasteiger partial charge in [-0.05, 0) is 49.7 Å². The number of carbonyl (C=O) groups excluding carboxylic acids is 2.